The van der Waals surface area contributed by atoms with E-state index in [1.807, 2.05) is 41.3 Å². The highest BCUT2D eigenvalue weighted by atomic mass is 15.3. The summed E-state index contributed by atoms with van der Waals surface area (Å²) in [6, 6.07) is 12.1. The Morgan fingerprint density at radius 3 is 2.72 bits per heavy atom. The second-order valence-electron chi connectivity index (χ2n) is 4.01. The van der Waals surface area contributed by atoms with E-state index < -0.39 is 0 Å². The normalized spacial score (nSPS) is 10.4. The molecule has 1 aromatic carbocycles. The van der Waals surface area contributed by atoms with Crippen LogP contribution in [0.1, 0.15) is 5.56 Å². The highest BCUT2D eigenvalue weighted by Gasteiger charge is 2.02. The maximum Gasteiger partial charge on any atom is 0.116 e. The van der Waals surface area contributed by atoms with Crippen LogP contribution in [0.4, 0.5) is 0 Å². The van der Waals surface area contributed by atoms with Crippen LogP contribution in [0.25, 0.3) is 11.3 Å². The zero-order chi connectivity index (χ0) is 12.2. The maximum absolute atomic E-state index is 4.34. The van der Waals surface area contributed by atoms with Gasteiger partial charge < -0.3 is 0 Å². The molecule has 0 unspecified atom stereocenters. The van der Waals surface area contributed by atoms with Crippen LogP contribution in [0.15, 0.2) is 61.3 Å². The molecule has 0 aliphatic carbocycles. The Hall–Kier alpha value is -2.49. The van der Waals surface area contributed by atoms with Gasteiger partial charge in [0.1, 0.15) is 6.33 Å². The van der Waals surface area contributed by atoms with Crippen molar-refractivity contribution in [3.63, 3.8) is 0 Å². The van der Waals surface area contributed by atoms with Crippen molar-refractivity contribution in [1.82, 2.24) is 19.7 Å². The average molecular weight is 236 g/mol. The number of hydrogen-bond acceptors (Lipinski definition) is 3. The first-order valence-corrected chi connectivity index (χ1v) is 5.74. The molecule has 0 aliphatic heterocycles. The maximum atomic E-state index is 4.34. The summed E-state index contributed by atoms with van der Waals surface area (Å²) in [4.78, 5) is 8.11. The number of rotatable bonds is 3. The summed E-state index contributed by atoms with van der Waals surface area (Å²) in [5.74, 6) is 0. The van der Waals surface area contributed by atoms with E-state index in [0.29, 0.717) is 0 Å². The van der Waals surface area contributed by atoms with Crippen LogP contribution in [-0.4, -0.2) is 19.7 Å². The van der Waals surface area contributed by atoms with Gasteiger partial charge in [-0.1, -0.05) is 30.3 Å². The molecule has 4 heteroatoms. The van der Waals surface area contributed by atoms with Crippen molar-refractivity contribution in [3.8, 4) is 11.3 Å². The van der Waals surface area contributed by atoms with Crippen molar-refractivity contribution in [3.05, 3.63) is 66.9 Å². The Bertz CT molecular complexity index is 617. The molecular weight excluding hydrogens is 224 g/mol. The van der Waals surface area contributed by atoms with E-state index in [4.69, 9.17) is 0 Å². The molecular formula is C14H12N4. The molecule has 2 heterocycles. The molecule has 0 radical (unpaired) electrons. The highest BCUT2D eigenvalue weighted by molar-refractivity contribution is 5.55. The fourth-order valence-corrected chi connectivity index (χ4v) is 1.81. The third-order valence-electron chi connectivity index (χ3n) is 2.70. The molecule has 0 atom stereocenters. The van der Waals surface area contributed by atoms with Crippen LogP contribution >= 0.6 is 0 Å². The van der Waals surface area contributed by atoms with Gasteiger partial charge in [-0.05, 0) is 11.6 Å². The van der Waals surface area contributed by atoms with Gasteiger partial charge in [-0.2, -0.15) is 5.10 Å². The molecule has 0 amide bonds. The van der Waals surface area contributed by atoms with Crippen LogP contribution in [0.2, 0.25) is 0 Å². The molecule has 0 N–H and O–H groups in total. The van der Waals surface area contributed by atoms with Crippen LogP contribution in [0, 0.1) is 0 Å². The molecule has 4 nitrogen and oxygen atoms in total. The van der Waals surface area contributed by atoms with Crippen LogP contribution in [0.5, 0.6) is 0 Å². The van der Waals surface area contributed by atoms with Crippen molar-refractivity contribution in [2.75, 3.05) is 0 Å². The summed E-state index contributed by atoms with van der Waals surface area (Å²) in [6.45, 7) is 0.770. The summed E-state index contributed by atoms with van der Waals surface area (Å²) < 4.78 is 1.91. The molecule has 0 spiro atoms. The molecule has 18 heavy (non-hydrogen) atoms. The van der Waals surface area contributed by atoms with Gasteiger partial charge in [-0.25, -0.2) is 9.97 Å². The molecule has 0 aliphatic rings. The Morgan fingerprint density at radius 1 is 1.06 bits per heavy atom. The zero-order valence-electron chi connectivity index (χ0n) is 9.77. The summed E-state index contributed by atoms with van der Waals surface area (Å²) in [5.41, 5.74) is 3.13. The van der Waals surface area contributed by atoms with E-state index >= 15 is 0 Å². The SMILES string of the molecule is c1ccc(Cn2cc(-c3ccncn3)cn2)cc1. The Kier molecular flexibility index (Phi) is 2.84. The van der Waals surface area contributed by atoms with Gasteiger partial charge in [0.25, 0.3) is 0 Å². The van der Waals surface area contributed by atoms with Gasteiger partial charge in [0.15, 0.2) is 0 Å². The zero-order valence-corrected chi connectivity index (χ0v) is 9.77. The number of nitrogens with zero attached hydrogens (tertiary/aromatic N) is 4. The van der Waals surface area contributed by atoms with Crippen LogP contribution in [0.3, 0.4) is 0 Å². The first-order chi connectivity index (χ1) is 8.92. The molecule has 0 bridgehead atoms. The topological polar surface area (TPSA) is 43.6 Å². The van der Waals surface area contributed by atoms with E-state index in [0.717, 1.165) is 17.8 Å². The lowest BCUT2D eigenvalue weighted by Gasteiger charge is -2.00. The van der Waals surface area contributed by atoms with Crippen LogP contribution in [-0.2, 0) is 6.54 Å². The molecule has 3 aromatic rings. The van der Waals surface area contributed by atoms with E-state index in [1.165, 1.54) is 5.56 Å². The van der Waals surface area contributed by atoms with Gasteiger partial charge >= 0.3 is 0 Å². The summed E-state index contributed by atoms with van der Waals surface area (Å²) >= 11 is 0. The minimum absolute atomic E-state index is 0.770. The number of aromatic nitrogens is 4. The standard InChI is InChI=1S/C14H12N4/c1-2-4-12(5-3-1)9-18-10-13(8-17-18)14-6-7-15-11-16-14/h1-8,10-11H,9H2. The first-order valence-electron chi connectivity index (χ1n) is 5.74. The largest absolute Gasteiger partial charge is 0.268 e. The number of hydrogen-bond donors (Lipinski definition) is 0. The lowest BCUT2D eigenvalue weighted by Crippen LogP contribution is -1.99. The minimum Gasteiger partial charge on any atom is -0.268 e. The van der Waals surface area contributed by atoms with Crippen molar-refractivity contribution in [2.24, 2.45) is 0 Å². The van der Waals surface area contributed by atoms with E-state index in [9.17, 15) is 0 Å². The third kappa shape index (κ3) is 2.27. The van der Waals surface area contributed by atoms with E-state index in [1.54, 1.807) is 12.5 Å². The second kappa shape index (κ2) is 4.79. The van der Waals surface area contributed by atoms with Crippen molar-refractivity contribution >= 4 is 0 Å². The quantitative estimate of drug-likeness (QED) is 0.701. The van der Waals surface area contributed by atoms with Gasteiger partial charge in [0.05, 0.1) is 18.4 Å². The fourth-order valence-electron chi connectivity index (χ4n) is 1.81. The van der Waals surface area contributed by atoms with E-state index in [-0.39, 0.29) is 0 Å². The molecule has 88 valence electrons. The predicted octanol–water partition coefficient (Wildman–Crippen LogP) is 2.39. The summed E-state index contributed by atoms with van der Waals surface area (Å²) in [5, 5.41) is 4.34. The fraction of sp³-hybridized carbons (Fsp3) is 0.0714. The highest BCUT2D eigenvalue weighted by Crippen LogP contribution is 2.14. The van der Waals surface area contributed by atoms with Gasteiger partial charge in [0.2, 0.25) is 0 Å². The molecule has 0 saturated heterocycles. The number of benzene rings is 1. The first kappa shape index (κ1) is 10.7. The predicted molar refractivity (Wildman–Crippen MR) is 68.8 cm³/mol. The van der Waals surface area contributed by atoms with E-state index in [2.05, 4.69) is 27.2 Å². The summed E-state index contributed by atoms with van der Waals surface area (Å²) in [7, 11) is 0. The third-order valence-corrected chi connectivity index (χ3v) is 2.70. The Labute approximate surface area is 105 Å². The molecule has 0 fully saturated rings. The monoisotopic (exact) mass is 236 g/mol. The smallest absolute Gasteiger partial charge is 0.116 e. The minimum atomic E-state index is 0.770. The van der Waals surface area contributed by atoms with Crippen molar-refractivity contribution in [2.45, 2.75) is 6.54 Å². The van der Waals surface area contributed by atoms with Gasteiger partial charge in [-0.3, -0.25) is 4.68 Å². The average Bonchev–Trinajstić information content (AvgIpc) is 2.89. The Morgan fingerprint density at radius 2 is 1.94 bits per heavy atom. The van der Waals surface area contributed by atoms with Crippen molar-refractivity contribution < 1.29 is 0 Å². The lowest BCUT2D eigenvalue weighted by molar-refractivity contribution is 0.687. The molecule has 2 aromatic heterocycles. The summed E-state index contributed by atoms with van der Waals surface area (Å²) in [6.07, 6.45) is 7.10. The molecule has 3 rings (SSSR count). The second-order valence-corrected chi connectivity index (χ2v) is 4.01. The van der Waals surface area contributed by atoms with Crippen LogP contribution < -0.4 is 0 Å². The van der Waals surface area contributed by atoms with Crippen molar-refractivity contribution in [1.29, 1.82) is 0 Å². The van der Waals surface area contributed by atoms with Gasteiger partial charge in [0, 0.05) is 18.0 Å². The van der Waals surface area contributed by atoms with Gasteiger partial charge in [-0.15, -0.1) is 0 Å². The Balaban J connectivity index is 1.82. The molecule has 0 saturated carbocycles. The lowest BCUT2D eigenvalue weighted by atomic mass is 10.2.